The highest BCUT2D eigenvalue weighted by Crippen LogP contribution is 2.10. The Morgan fingerprint density at radius 1 is 0.824 bits per heavy atom. The van der Waals surface area contributed by atoms with Crippen LogP contribution >= 0.6 is 40.8 Å². The van der Waals surface area contributed by atoms with Crippen LogP contribution in [0, 0.1) is 0 Å². The van der Waals surface area contributed by atoms with Gasteiger partial charge < -0.3 is 5.32 Å². The number of alkyl halides is 1. The third-order valence-electron chi connectivity index (χ3n) is 2.84. The van der Waals surface area contributed by atoms with Crippen LogP contribution in [0.15, 0.2) is 0 Å². The van der Waals surface area contributed by atoms with E-state index in [0.29, 0.717) is 4.32 Å². The van der Waals surface area contributed by atoms with Crippen molar-refractivity contribution in [2.24, 2.45) is 0 Å². The minimum absolute atomic E-state index is 0.619. The van der Waals surface area contributed by atoms with Gasteiger partial charge in [0.25, 0.3) is 0 Å². The van der Waals surface area contributed by atoms with Crippen molar-refractivity contribution in [1.29, 1.82) is 0 Å². The summed E-state index contributed by atoms with van der Waals surface area (Å²) in [5.74, 6) is 0. The Balaban J connectivity index is 2.91. The molecule has 0 aliphatic heterocycles. The third kappa shape index (κ3) is 16.7. The van der Waals surface area contributed by atoms with E-state index >= 15 is 0 Å². The summed E-state index contributed by atoms with van der Waals surface area (Å²) in [5.41, 5.74) is 0. The van der Waals surface area contributed by atoms with Crippen molar-refractivity contribution in [3.8, 4) is 0 Å². The van der Waals surface area contributed by atoms with Crippen LogP contribution in [-0.2, 0) is 0 Å². The lowest BCUT2D eigenvalue weighted by Crippen LogP contribution is -2.17. The van der Waals surface area contributed by atoms with Gasteiger partial charge in [-0.1, -0.05) is 79.5 Å². The summed E-state index contributed by atoms with van der Waals surface area (Å²) in [6.07, 6.45) is 13.7. The van der Waals surface area contributed by atoms with Gasteiger partial charge in [0.1, 0.15) is 4.32 Å². The van der Waals surface area contributed by atoms with Crippen LogP contribution in [0.1, 0.15) is 64.2 Å². The minimum Gasteiger partial charge on any atom is -0.371 e. The van der Waals surface area contributed by atoms with E-state index in [2.05, 4.69) is 33.9 Å². The molecule has 0 aromatic carbocycles. The van der Waals surface area contributed by atoms with Crippen molar-refractivity contribution < 1.29 is 0 Å². The Kier molecular flexibility index (Phi) is 15.4. The van der Waals surface area contributed by atoms with Gasteiger partial charge in [0, 0.05) is 11.9 Å². The number of rotatable bonds is 12. The first-order chi connectivity index (χ1) is 8.27. The van der Waals surface area contributed by atoms with E-state index in [9.17, 15) is 0 Å². The molecule has 4 heteroatoms. The largest absolute Gasteiger partial charge is 0.371 e. The lowest BCUT2D eigenvalue weighted by Gasteiger charge is -2.03. The highest BCUT2D eigenvalue weighted by Gasteiger charge is 1.93. The van der Waals surface area contributed by atoms with E-state index < -0.39 is 0 Å². The van der Waals surface area contributed by atoms with Gasteiger partial charge >= 0.3 is 0 Å². The fraction of sp³-hybridized carbons (Fsp3) is 0.923. The van der Waals surface area contributed by atoms with Crippen molar-refractivity contribution in [3.05, 3.63) is 0 Å². The van der Waals surface area contributed by atoms with Crippen LogP contribution in [-0.4, -0.2) is 16.2 Å². The molecular formula is C13H26BrNS2. The second kappa shape index (κ2) is 14.8. The minimum atomic E-state index is 0.619. The average Bonchev–Trinajstić information content (AvgIpc) is 2.30. The maximum Gasteiger partial charge on any atom is 0.130 e. The number of unbranched alkanes of at least 4 members (excludes halogenated alkanes) is 9. The average molecular weight is 340 g/mol. The van der Waals surface area contributed by atoms with Crippen LogP contribution in [0.2, 0.25) is 0 Å². The van der Waals surface area contributed by atoms with Crippen LogP contribution < -0.4 is 5.32 Å². The summed E-state index contributed by atoms with van der Waals surface area (Å²) in [4.78, 5) is 0. The molecule has 0 saturated heterocycles. The fourth-order valence-corrected chi connectivity index (χ4v) is 2.44. The summed E-state index contributed by atoms with van der Waals surface area (Å²) in [6.45, 7) is 0.981. The predicted molar refractivity (Wildman–Crippen MR) is 89.6 cm³/mol. The Morgan fingerprint density at radius 2 is 1.24 bits per heavy atom. The van der Waals surface area contributed by atoms with Crippen LogP contribution in [0.25, 0.3) is 0 Å². The van der Waals surface area contributed by atoms with E-state index in [1.54, 1.807) is 0 Å². The van der Waals surface area contributed by atoms with Gasteiger partial charge in [-0.2, -0.15) is 0 Å². The zero-order valence-electron chi connectivity index (χ0n) is 10.7. The van der Waals surface area contributed by atoms with Crippen molar-refractivity contribution >= 4 is 45.1 Å². The predicted octanol–water partition coefficient (Wildman–Crippen LogP) is 5.09. The number of nitrogens with one attached hydrogen (secondary N) is 1. The molecule has 0 heterocycles. The van der Waals surface area contributed by atoms with Gasteiger partial charge in [0.05, 0.1) is 0 Å². The van der Waals surface area contributed by atoms with Crippen molar-refractivity contribution in [2.45, 2.75) is 64.2 Å². The summed E-state index contributed by atoms with van der Waals surface area (Å²) >= 11 is 12.3. The summed E-state index contributed by atoms with van der Waals surface area (Å²) in [6, 6.07) is 0. The number of hydrogen-bond acceptors (Lipinski definition) is 1. The third-order valence-corrected chi connectivity index (χ3v) is 3.70. The zero-order chi connectivity index (χ0) is 12.8. The molecule has 0 unspecified atom stereocenters. The number of hydrogen-bond donors (Lipinski definition) is 2. The Labute approximate surface area is 126 Å². The maximum atomic E-state index is 4.82. The lowest BCUT2D eigenvalue weighted by molar-refractivity contribution is 0.556. The molecule has 0 saturated carbocycles. The first-order valence-electron chi connectivity index (χ1n) is 6.80. The molecule has 0 spiro atoms. The highest BCUT2D eigenvalue weighted by molar-refractivity contribution is 9.09. The first kappa shape index (κ1) is 17.7. The molecule has 0 radical (unpaired) electrons. The second-order valence-corrected chi connectivity index (χ2v) is 6.41. The highest BCUT2D eigenvalue weighted by atomic mass is 79.9. The van der Waals surface area contributed by atoms with E-state index in [-0.39, 0.29) is 0 Å². The van der Waals surface area contributed by atoms with Gasteiger partial charge in [-0.15, -0.1) is 12.6 Å². The Hall–Kier alpha value is 0.720. The molecule has 1 nitrogen and oxygen atoms in total. The monoisotopic (exact) mass is 339 g/mol. The molecule has 1 N–H and O–H groups in total. The number of halogens is 1. The molecule has 0 aromatic rings. The molecular weight excluding hydrogens is 314 g/mol. The Bertz CT molecular complexity index is 177. The number of thiocarbonyl (C=S) groups is 1. The standard InChI is InChI=1S/C13H26BrNS2/c14-11-9-7-5-3-1-2-4-6-8-10-12-15-13(16)17/h1-12H2,(H2,15,16,17). The van der Waals surface area contributed by atoms with Gasteiger partial charge in [0.2, 0.25) is 0 Å². The molecule has 0 fully saturated rings. The molecule has 0 amide bonds. The molecule has 0 atom stereocenters. The first-order valence-corrected chi connectivity index (χ1v) is 8.78. The molecule has 0 rings (SSSR count). The normalized spacial score (nSPS) is 10.5. The topological polar surface area (TPSA) is 12.0 Å². The van der Waals surface area contributed by atoms with Gasteiger partial charge in [-0.05, 0) is 12.8 Å². The van der Waals surface area contributed by atoms with E-state index in [1.165, 1.54) is 64.2 Å². The Morgan fingerprint density at radius 3 is 1.65 bits per heavy atom. The van der Waals surface area contributed by atoms with Gasteiger partial charge in [-0.25, -0.2) is 0 Å². The van der Waals surface area contributed by atoms with E-state index in [4.69, 9.17) is 12.2 Å². The smallest absolute Gasteiger partial charge is 0.130 e. The van der Waals surface area contributed by atoms with Crippen LogP contribution in [0.3, 0.4) is 0 Å². The summed E-state index contributed by atoms with van der Waals surface area (Å²) < 4.78 is 0.619. The number of thiol groups is 1. The van der Waals surface area contributed by atoms with E-state index in [0.717, 1.165) is 11.9 Å². The van der Waals surface area contributed by atoms with Crippen LogP contribution in [0.4, 0.5) is 0 Å². The van der Waals surface area contributed by atoms with Gasteiger partial charge in [0.15, 0.2) is 0 Å². The molecule has 0 aromatic heterocycles. The SMILES string of the molecule is S=C(S)NCCCCCCCCCCCCBr. The molecule has 17 heavy (non-hydrogen) atoms. The fourth-order valence-electron chi connectivity index (χ4n) is 1.83. The second-order valence-electron chi connectivity index (χ2n) is 4.46. The van der Waals surface area contributed by atoms with Crippen molar-refractivity contribution in [1.82, 2.24) is 5.32 Å². The molecule has 0 aliphatic rings. The van der Waals surface area contributed by atoms with Crippen LogP contribution in [0.5, 0.6) is 0 Å². The lowest BCUT2D eigenvalue weighted by atomic mass is 10.1. The molecule has 102 valence electrons. The summed E-state index contributed by atoms with van der Waals surface area (Å²) in [5, 5.41) is 4.23. The van der Waals surface area contributed by atoms with E-state index in [1.807, 2.05) is 0 Å². The van der Waals surface area contributed by atoms with Crippen molar-refractivity contribution in [2.75, 3.05) is 11.9 Å². The van der Waals surface area contributed by atoms with Gasteiger partial charge in [-0.3, -0.25) is 0 Å². The quantitative estimate of drug-likeness (QED) is 0.222. The van der Waals surface area contributed by atoms with Crippen molar-refractivity contribution in [3.63, 3.8) is 0 Å². The zero-order valence-corrected chi connectivity index (χ0v) is 14.0. The summed E-state index contributed by atoms with van der Waals surface area (Å²) in [7, 11) is 0. The maximum absolute atomic E-state index is 4.82. The molecule has 0 aliphatic carbocycles. The molecule has 0 bridgehead atoms.